The fourth-order valence-corrected chi connectivity index (χ4v) is 3.69. The van der Waals surface area contributed by atoms with Crippen LogP contribution in [0.4, 0.5) is 5.69 Å². The van der Waals surface area contributed by atoms with E-state index in [4.69, 9.17) is 0 Å². The van der Waals surface area contributed by atoms with Crippen molar-refractivity contribution in [1.82, 2.24) is 4.90 Å². The second-order valence-electron chi connectivity index (χ2n) is 6.79. The van der Waals surface area contributed by atoms with Gasteiger partial charge < -0.3 is 9.80 Å². The molecule has 1 fully saturated rings. The third-order valence-electron chi connectivity index (χ3n) is 5.06. The molecule has 0 aliphatic carbocycles. The van der Waals surface area contributed by atoms with E-state index in [1.165, 1.54) is 5.56 Å². The van der Waals surface area contributed by atoms with Gasteiger partial charge in [-0.2, -0.15) is 0 Å². The number of likely N-dealkylation sites (tertiary alicyclic amines) is 1. The van der Waals surface area contributed by atoms with Crippen molar-refractivity contribution in [3.63, 3.8) is 0 Å². The van der Waals surface area contributed by atoms with Crippen LogP contribution in [0.2, 0.25) is 0 Å². The summed E-state index contributed by atoms with van der Waals surface area (Å²) in [6.45, 7) is 5.80. The fraction of sp³-hybridized carbons (Fsp3) is 0.409. The number of nitrogens with zero attached hydrogens (tertiary/aromatic N) is 2. The highest BCUT2D eigenvalue weighted by atomic mass is 16.2. The van der Waals surface area contributed by atoms with Crippen molar-refractivity contribution in [3.05, 3.63) is 66.2 Å². The Morgan fingerprint density at radius 2 is 1.76 bits per heavy atom. The van der Waals surface area contributed by atoms with Gasteiger partial charge in [-0.25, -0.2) is 0 Å². The molecule has 2 aromatic rings. The minimum atomic E-state index is 0.115. The molecule has 0 radical (unpaired) electrons. The SMILES string of the molecule is CCN(C(=O)C1CCCN(CCc2ccccc2)C1)c1ccccc1. The van der Waals surface area contributed by atoms with E-state index < -0.39 is 0 Å². The molecule has 3 heteroatoms. The van der Waals surface area contributed by atoms with Gasteiger partial charge in [-0.15, -0.1) is 0 Å². The van der Waals surface area contributed by atoms with E-state index in [1.54, 1.807) is 0 Å². The van der Waals surface area contributed by atoms with Crippen molar-refractivity contribution in [2.75, 3.05) is 31.1 Å². The zero-order chi connectivity index (χ0) is 17.5. The number of anilines is 1. The number of benzene rings is 2. The van der Waals surface area contributed by atoms with Crippen LogP contribution in [0.5, 0.6) is 0 Å². The molecule has 0 spiro atoms. The van der Waals surface area contributed by atoms with Crippen LogP contribution in [-0.4, -0.2) is 37.0 Å². The molecule has 0 saturated carbocycles. The molecule has 1 saturated heterocycles. The van der Waals surface area contributed by atoms with E-state index in [0.29, 0.717) is 0 Å². The molecule has 0 bridgehead atoms. The highest BCUT2D eigenvalue weighted by Crippen LogP contribution is 2.23. The Morgan fingerprint density at radius 1 is 1.08 bits per heavy atom. The first-order valence-electron chi connectivity index (χ1n) is 9.40. The number of hydrogen-bond acceptors (Lipinski definition) is 2. The average molecular weight is 336 g/mol. The first-order valence-corrected chi connectivity index (χ1v) is 9.40. The molecule has 1 heterocycles. The normalized spacial score (nSPS) is 18.0. The monoisotopic (exact) mass is 336 g/mol. The Labute approximate surface area is 151 Å². The van der Waals surface area contributed by atoms with Crippen molar-refractivity contribution in [2.24, 2.45) is 5.92 Å². The molecule has 3 rings (SSSR count). The largest absolute Gasteiger partial charge is 0.312 e. The standard InChI is InChI=1S/C22H28N2O/c1-2-24(21-13-7-4-8-14-21)22(25)20-12-9-16-23(18-20)17-15-19-10-5-3-6-11-19/h3-8,10-11,13-14,20H,2,9,12,15-18H2,1H3. The number of piperidine rings is 1. The van der Waals surface area contributed by atoms with Gasteiger partial charge >= 0.3 is 0 Å². The van der Waals surface area contributed by atoms with Crippen LogP contribution in [0.3, 0.4) is 0 Å². The maximum atomic E-state index is 13.0. The molecule has 2 aromatic carbocycles. The molecule has 1 aliphatic rings. The van der Waals surface area contributed by atoms with Crippen molar-refractivity contribution in [2.45, 2.75) is 26.2 Å². The smallest absolute Gasteiger partial charge is 0.231 e. The molecule has 1 atom stereocenters. The van der Waals surface area contributed by atoms with Gasteiger partial charge in [-0.1, -0.05) is 48.5 Å². The van der Waals surface area contributed by atoms with Gasteiger partial charge in [0.15, 0.2) is 0 Å². The number of carbonyl (C=O) groups excluding carboxylic acids is 1. The summed E-state index contributed by atoms with van der Waals surface area (Å²) in [5, 5.41) is 0. The summed E-state index contributed by atoms with van der Waals surface area (Å²) in [5.74, 6) is 0.391. The molecule has 132 valence electrons. The maximum Gasteiger partial charge on any atom is 0.231 e. The number of para-hydroxylation sites is 1. The van der Waals surface area contributed by atoms with Gasteiger partial charge in [0, 0.05) is 25.3 Å². The summed E-state index contributed by atoms with van der Waals surface area (Å²) in [6.07, 6.45) is 3.17. The topological polar surface area (TPSA) is 23.6 Å². The number of amides is 1. The minimum absolute atomic E-state index is 0.115. The summed E-state index contributed by atoms with van der Waals surface area (Å²) in [6, 6.07) is 20.6. The van der Waals surface area contributed by atoms with Crippen LogP contribution in [0.25, 0.3) is 0 Å². The lowest BCUT2D eigenvalue weighted by Crippen LogP contribution is -2.45. The molecular weight excluding hydrogens is 308 g/mol. The Balaban J connectivity index is 1.59. The summed E-state index contributed by atoms with van der Waals surface area (Å²) in [7, 11) is 0. The van der Waals surface area contributed by atoms with Crippen LogP contribution in [-0.2, 0) is 11.2 Å². The van der Waals surface area contributed by atoms with Crippen molar-refractivity contribution in [1.29, 1.82) is 0 Å². The highest BCUT2D eigenvalue weighted by molar-refractivity contribution is 5.95. The van der Waals surface area contributed by atoms with Crippen LogP contribution >= 0.6 is 0 Å². The first-order chi connectivity index (χ1) is 12.3. The lowest BCUT2D eigenvalue weighted by Gasteiger charge is -2.34. The van der Waals surface area contributed by atoms with Gasteiger partial charge in [0.2, 0.25) is 5.91 Å². The van der Waals surface area contributed by atoms with Crippen LogP contribution in [0, 0.1) is 5.92 Å². The van der Waals surface area contributed by atoms with Crippen LogP contribution in [0.1, 0.15) is 25.3 Å². The number of hydrogen-bond donors (Lipinski definition) is 0. The molecule has 1 amide bonds. The van der Waals surface area contributed by atoms with E-state index in [9.17, 15) is 4.79 Å². The zero-order valence-electron chi connectivity index (χ0n) is 15.1. The predicted molar refractivity (Wildman–Crippen MR) is 104 cm³/mol. The lowest BCUT2D eigenvalue weighted by atomic mass is 9.95. The zero-order valence-corrected chi connectivity index (χ0v) is 15.1. The third kappa shape index (κ3) is 4.70. The summed E-state index contributed by atoms with van der Waals surface area (Å²) >= 11 is 0. The highest BCUT2D eigenvalue weighted by Gasteiger charge is 2.29. The second-order valence-corrected chi connectivity index (χ2v) is 6.79. The molecule has 0 aromatic heterocycles. The first kappa shape index (κ1) is 17.7. The molecule has 25 heavy (non-hydrogen) atoms. The Kier molecular flexibility index (Phi) is 6.24. The van der Waals surface area contributed by atoms with E-state index >= 15 is 0 Å². The van der Waals surface area contributed by atoms with Gasteiger partial charge in [-0.3, -0.25) is 4.79 Å². The summed E-state index contributed by atoms with van der Waals surface area (Å²) in [4.78, 5) is 17.4. The van der Waals surface area contributed by atoms with Gasteiger partial charge in [0.1, 0.15) is 0 Å². The molecule has 1 aliphatic heterocycles. The Hall–Kier alpha value is -2.13. The van der Waals surface area contributed by atoms with E-state index in [0.717, 1.165) is 51.1 Å². The van der Waals surface area contributed by atoms with Crippen LogP contribution < -0.4 is 4.90 Å². The fourth-order valence-electron chi connectivity index (χ4n) is 3.69. The summed E-state index contributed by atoms with van der Waals surface area (Å²) in [5.41, 5.74) is 2.38. The second kappa shape index (κ2) is 8.82. The van der Waals surface area contributed by atoms with E-state index in [1.807, 2.05) is 35.2 Å². The Bertz CT molecular complexity index is 656. The third-order valence-corrected chi connectivity index (χ3v) is 5.06. The van der Waals surface area contributed by atoms with E-state index in [2.05, 4.69) is 42.2 Å². The molecule has 1 unspecified atom stereocenters. The summed E-state index contributed by atoms with van der Waals surface area (Å²) < 4.78 is 0. The average Bonchev–Trinajstić information content (AvgIpc) is 2.69. The molecular formula is C22H28N2O. The minimum Gasteiger partial charge on any atom is -0.312 e. The lowest BCUT2D eigenvalue weighted by molar-refractivity contribution is -0.124. The molecule has 3 nitrogen and oxygen atoms in total. The Morgan fingerprint density at radius 3 is 2.44 bits per heavy atom. The number of carbonyl (C=O) groups is 1. The van der Waals surface area contributed by atoms with Gasteiger partial charge in [0.05, 0.1) is 5.92 Å². The predicted octanol–water partition coefficient (Wildman–Crippen LogP) is 3.99. The van der Waals surface area contributed by atoms with Gasteiger partial charge in [0.25, 0.3) is 0 Å². The van der Waals surface area contributed by atoms with Crippen LogP contribution in [0.15, 0.2) is 60.7 Å². The quantitative estimate of drug-likeness (QED) is 0.796. The maximum absolute atomic E-state index is 13.0. The van der Waals surface area contributed by atoms with Gasteiger partial charge in [-0.05, 0) is 50.4 Å². The number of rotatable bonds is 6. The van der Waals surface area contributed by atoms with E-state index in [-0.39, 0.29) is 11.8 Å². The van der Waals surface area contributed by atoms with Crippen molar-refractivity contribution >= 4 is 11.6 Å². The van der Waals surface area contributed by atoms with Crippen molar-refractivity contribution < 1.29 is 4.79 Å². The molecule has 0 N–H and O–H groups in total. The van der Waals surface area contributed by atoms with Crippen molar-refractivity contribution in [3.8, 4) is 0 Å².